The Morgan fingerprint density at radius 1 is 1.09 bits per heavy atom. The Balaban J connectivity index is 1.59. The van der Waals surface area contributed by atoms with Crippen molar-refractivity contribution in [3.05, 3.63) is 76.1 Å². The molecule has 1 aromatic heterocycles. The summed E-state index contributed by atoms with van der Waals surface area (Å²) in [5, 5.41) is 3.13. The molecule has 1 aliphatic rings. The third-order valence-corrected chi connectivity index (χ3v) is 8.09. The molecule has 0 aliphatic carbocycles. The van der Waals surface area contributed by atoms with Crippen molar-refractivity contribution in [2.75, 3.05) is 13.1 Å². The van der Waals surface area contributed by atoms with Gasteiger partial charge in [-0.2, -0.15) is 4.31 Å². The minimum absolute atomic E-state index is 0.00674. The van der Waals surface area contributed by atoms with Gasteiger partial charge in [-0.15, -0.1) is 0 Å². The Morgan fingerprint density at radius 2 is 1.79 bits per heavy atom. The van der Waals surface area contributed by atoms with Crippen LogP contribution in [0.1, 0.15) is 42.1 Å². The summed E-state index contributed by atoms with van der Waals surface area (Å²) in [6, 6.07) is 14.4. The molecule has 8 heteroatoms. The number of carbonyl (C=O) groups is 1. The highest BCUT2D eigenvalue weighted by Gasteiger charge is 2.28. The number of carbonyl (C=O) groups excluding carboxylic acids is 1. The number of benzene rings is 2. The molecule has 1 N–H and O–H groups in total. The van der Waals surface area contributed by atoms with Gasteiger partial charge >= 0.3 is 0 Å². The van der Waals surface area contributed by atoms with Crippen LogP contribution in [-0.2, 0) is 23.5 Å². The van der Waals surface area contributed by atoms with Gasteiger partial charge in [-0.25, -0.2) is 8.42 Å². The van der Waals surface area contributed by atoms with Crippen molar-refractivity contribution in [2.24, 2.45) is 7.05 Å². The van der Waals surface area contributed by atoms with Crippen molar-refractivity contribution in [3.63, 3.8) is 0 Å². The zero-order chi connectivity index (χ0) is 23.6. The predicted molar refractivity (Wildman–Crippen MR) is 129 cm³/mol. The van der Waals surface area contributed by atoms with Crippen molar-refractivity contribution in [1.29, 1.82) is 0 Å². The summed E-state index contributed by atoms with van der Waals surface area (Å²) in [7, 11) is -1.92. The first-order valence-corrected chi connectivity index (χ1v) is 12.7. The number of amides is 1. The first kappa shape index (κ1) is 23.2. The SMILES string of the molecule is C[C@@H](CCc1ccccc1)NC(=O)c1cn(C)c2ccc(S(=O)(=O)N3CCCC3)cc2c1=O. The average Bonchev–Trinajstić information content (AvgIpc) is 3.36. The van der Waals surface area contributed by atoms with E-state index in [0.717, 1.165) is 25.7 Å². The lowest BCUT2D eigenvalue weighted by Crippen LogP contribution is -2.36. The number of hydrogen-bond acceptors (Lipinski definition) is 4. The Hall–Kier alpha value is -2.97. The lowest BCUT2D eigenvalue weighted by Gasteiger charge is -2.17. The first-order chi connectivity index (χ1) is 15.8. The van der Waals surface area contributed by atoms with Crippen molar-refractivity contribution >= 4 is 26.8 Å². The highest BCUT2D eigenvalue weighted by molar-refractivity contribution is 7.89. The fourth-order valence-electron chi connectivity index (χ4n) is 4.27. The number of rotatable bonds is 7. The van der Waals surface area contributed by atoms with E-state index in [-0.39, 0.29) is 21.9 Å². The number of aryl methyl sites for hydroxylation is 2. The van der Waals surface area contributed by atoms with Gasteiger partial charge in [-0.05, 0) is 56.4 Å². The van der Waals surface area contributed by atoms with Gasteiger partial charge in [0.05, 0.1) is 10.4 Å². The Labute approximate surface area is 194 Å². The van der Waals surface area contributed by atoms with Crippen LogP contribution in [0.4, 0.5) is 0 Å². The number of nitrogens with zero attached hydrogens (tertiary/aromatic N) is 2. The van der Waals surface area contributed by atoms with Crippen LogP contribution in [0.5, 0.6) is 0 Å². The quantitative estimate of drug-likeness (QED) is 0.578. The summed E-state index contributed by atoms with van der Waals surface area (Å²) in [4.78, 5) is 26.2. The monoisotopic (exact) mass is 467 g/mol. The van der Waals surface area contributed by atoms with Crippen molar-refractivity contribution in [3.8, 4) is 0 Å². The van der Waals surface area contributed by atoms with Crippen molar-refractivity contribution < 1.29 is 13.2 Å². The summed E-state index contributed by atoms with van der Waals surface area (Å²) in [5.74, 6) is -0.453. The van der Waals surface area contributed by atoms with Crippen LogP contribution in [0.2, 0.25) is 0 Å². The Kier molecular flexibility index (Phi) is 6.67. The van der Waals surface area contributed by atoms with E-state index in [4.69, 9.17) is 0 Å². The molecule has 0 radical (unpaired) electrons. The van der Waals surface area contributed by atoms with Gasteiger partial charge in [0, 0.05) is 37.8 Å². The molecule has 1 amide bonds. The van der Waals surface area contributed by atoms with Crippen molar-refractivity contribution in [2.45, 2.75) is 43.5 Å². The third-order valence-electron chi connectivity index (χ3n) is 6.19. The average molecular weight is 468 g/mol. The largest absolute Gasteiger partial charge is 0.350 e. The van der Waals surface area contributed by atoms with E-state index in [1.807, 2.05) is 37.3 Å². The number of sulfonamides is 1. The fraction of sp³-hybridized carbons (Fsp3) is 0.360. The van der Waals surface area contributed by atoms with E-state index in [9.17, 15) is 18.0 Å². The van der Waals surface area contributed by atoms with Crippen LogP contribution < -0.4 is 10.7 Å². The molecule has 33 heavy (non-hydrogen) atoms. The Bertz CT molecular complexity index is 1330. The van der Waals surface area contributed by atoms with Gasteiger partial charge in [0.1, 0.15) is 5.56 Å². The van der Waals surface area contributed by atoms with Gasteiger partial charge in [-0.1, -0.05) is 30.3 Å². The maximum Gasteiger partial charge on any atom is 0.256 e. The summed E-state index contributed by atoms with van der Waals surface area (Å²) >= 11 is 0. The van der Waals surface area contributed by atoms with Gasteiger partial charge < -0.3 is 9.88 Å². The molecule has 0 spiro atoms. The zero-order valence-electron chi connectivity index (χ0n) is 19.0. The van der Waals surface area contributed by atoms with E-state index in [2.05, 4.69) is 5.32 Å². The normalized spacial score (nSPS) is 15.6. The molecule has 2 heterocycles. The molecule has 0 unspecified atom stereocenters. The number of fused-ring (bicyclic) bond motifs is 1. The molecule has 1 atom stereocenters. The molecule has 1 saturated heterocycles. The molecule has 2 aromatic carbocycles. The van der Waals surface area contributed by atoms with Crippen LogP contribution in [0.15, 0.2) is 64.4 Å². The second-order valence-corrected chi connectivity index (χ2v) is 10.6. The van der Waals surface area contributed by atoms with Crippen LogP contribution in [-0.4, -0.2) is 42.3 Å². The molecule has 1 aliphatic heterocycles. The van der Waals surface area contributed by atoms with Crippen molar-refractivity contribution in [1.82, 2.24) is 14.2 Å². The lowest BCUT2D eigenvalue weighted by molar-refractivity contribution is 0.0937. The molecule has 4 rings (SSSR count). The molecule has 174 valence electrons. The minimum Gasteiger partial charge on any atom is -0.350 e. The fourth-order valence-corrected chi connectivity index (χ4v) is 5.82. The number of aromatic nitrogens is 1. The highest BCUT2D eigenvalue weighted by Crippen LogP contribution is 2.23. The maximum absolute atomic E-state index is 13.2. The second kappa shape index (κ2) is 9.49. The Morgan fingerprint density at radius 3 is 2.48 bits per heavy atom. The molecule has 3 aromatic rings. The molecular formula is C25H29N3O4S. The number of nitrogens with one attached hydrogen (secondary N) is 1. The van der Waals surface area contributed by atoms with Crippen LogP contribution in [0.25, 0.3) is 10.9 Å². The van der Waals surface area contributed by atoms with Gasteiger partial charge in [0.2, 0.25) is 15.5 Å². The summed E-state index contributed by atoms with van der Waals surface area (Å²) in [6.45, 7) is 2.89. The maximum atomic E-state index is 13.2. The molecule has 0 bridgehead atoms. The van der Waals surface area contributed by atoms with Gasteiger partial charge in [0.25, 0.3) is 5.91 Å². The topological polar surface area (TPSA) is 88.5 Å². The van der Waals surface area contributed by atoms with Crippen LogP contribution >= 0.6 is 0 Å². The standard InChI is InChI=1S/C25H29N3O4S/c1-18(10-11-19-8-4-3-5-9-19)26-25(30)22-17-27(2)23-13-12-20(16-21(23)24(22)29)33(31,32)28-14-6-7-15-28/h3-5,8-9,12-13,16-18H,6-7,10-11,14-15H2,1-2H3,(H,26,30)/t18-/m0/s1. The molecule has 7 nitrogen and oxygen atoms in total. The first-order valence-electron chi connectivity index (χ1n) is 11.3. The van der Waals surface area contributed by atoms with Gasteiger partial charge in [-0.3, -0.25) is 9.59 Å². The third kappa shape index (κ3) is 4.86. The smallest absolute Gasteiger partial charge is 0.256 e. The summed E-state index contributed by atoms with van der Waals surface area (Å²) < 4.78 is 29.1. The second-order valence-electron chi connectivity index (χ2n) is 8.67. The molecule has 0 saturated carbocycles. The van der Waals surface area contributed by atoms with E-state index >= 15 is 0 Å². The highest BCUT2D eigenvalue weighted by atomic mass is 32.2. The molecule has 1 fully saturated rings. The van der Waals surface area contributed by atoms with Crippen LogP contribution in [0, 0.1) is 0 Å². The van der Waals surface area contributed by atoms with E-state index < -0.39 is 21.4 Å². The van der Waals surface area contributed by atoms with E-state index in [0.29, 0.717) is 18.6 Å². The zero-order valence-corrected chi connectivity index (χ0v) is 19.8. The number of hydrogen-bond donors (Lipinski definition) is 1. The predicted octanol–water partition coefficient (Wildman–Crippen LogP) is 3.07. The molecular weight excluding hydrogens is 438 g/mol. The summed E-state index contributed by atoms with van der Waals surface area (Å²) in [6.07, 6.45) is 4.73. The van der Waals surface area contributed by atoms with Gasteiger partial charge in [0.15, 0.2) is 0 Å². The van der Waals surface area contributed by atoms with E-state index in [1.54, 1.807) is 17.7 Å². The summed E-state index contributed by atoms with van der Waals surface area (Å²) in [5.41, 5.74) is 1.31. The number of pyridine rings is 1. The van der Waals surface area contributed by atoms with E-state index in [1.165, 1.54) is 28.2 Å². The van der Waals surface area contributed by atoms with Crippen LogP contribution in [0.3, 0.4) is 0 Å². The minimum atomic E-state index is -3.66. The lowest BCUT2D eigenvalue weighted by atomic mass is 10.1.